The average Bonchev–Trinajstić information content (AvgIpc) is 2.83. The minimum absolute atomic E-state index is 0.566. The zero-order valence-electron chi connectivity index (χ0n) is 11.5. The summed E-state index contributed by atoms with van der Waals surface area (Å²) in [5.41, 5.74) is 2.78. The largest absolute Gasteiger partial charge is 0.353 e. The number of rotatable bonds is 3. The molecular weight excluding hydrogens is 222 g/mol. The number of aryl methyl sites for hydroxylation is 2. The van der Waals surface area contributed by atoms with E-state index in [1.165, 1.54) is 25.7 Å². The van der Waals surface area contributed by atoms with Gasteiger partial charge < -0.3 is 4.90 Å². The van der Waals surface area contributed by atoms with Crippen LogP contribution in [0.25, 0.3) is 0 Å². The molecule has 0 bridgehead atoms. The van der Waals surface area contributed by atoms with Crippen molar-refractivity contribution in [2.45, 2.75) is 52.5 Å². The fourth-order valence-electron chi connectivity index (χ4n) is 2.96. The van der Waals surface area contributed by atoms with Crippen molar-refractivity contribution in [2.24, 2.45) is 0 Å². The minimum Gasteiger partial charge on any atom is -0.353 e. The van der Waals surface area contributed by atoms with E-state index in [0.717, 1.165) is 29.2 Å². The Bertz CT molecular complexity index is 467. The van der Waals surface area contributed by atoms with Crippen molar-refractivity contribution in [3.63, 3.8) is 0 Å². The molecule has 0 saturated heterocycles. The highest BCUT2D eigenvalue weighted by Crippen LogP contribution is 2.30. The molecule has 1 saturated carbocycles. The zero-order chi connectivity index (χ0) is 13.1. The maximum atomic E-state index is 9.36. The normalized spacial score (nSPS) is 15.7. The summed E-state index contributed by atoms with van der Waals surface area (Å²) in [6, 6.07) is 4.88. The molecule has 0 atom stereocenters. The Morgan fingerprint density at radius 1 is 1.39 bits per heavy atom. The molecule has 0 aliphatic heterocycles. The lowest BCUT2D eigenvalue weighted by molar-refractivity contribution is 0.611. The van der Waals surface area contributed by atoms with Crippen LogP contribution in [0.2, 0.25) is 0 Å². The SMILES string of the molecule is CCN(c1nc(C)cc(C)c1C#N)C1CCCC1. The second kappa shape index (κ2) is 5.39. The third-order valence-corrected chi connectivity index (χ3v) is 3.82. The van der Waals surface area contributed by atoms with Gasteiger partial charge in [0.15, 0.2) is 0 Å². The third-order valence-electron chi connectivity index (χ3n) is 3.82. The summed E-state index contributed by atoms with van der Waals surface area (Å²) in [5.74, 6) is 0.893. The molecule has 0 aromatic carbocycles. The molecular formula is C15H21N3. The molecule has 1 aliphatic rings. The first kappa shape index (κ1) is 12.9. The molecule has 0 spiro atoms. The first-order chi connectivity index (χ1) is 8.67. The fraction of sp³-hybridized carbons (Fsp3) is 0.600. The summed E-state index contributed by atoms with van der Waals surface area (Å²) < 4.78 is 0. The number of nitriles is 1. The van der Waals surface area contributed by atoms with E-state index < -0.39 is 0 Å². The predicted molar refractivity (Wildman–Crippen MR) is 73.7 cm³/mol. The van der Waals surface area contributed by atoms with Crippen LogP contribution in [-0.2, 0) is 0 Å². The van der Waals surface area contributed by atoms with Crippen molar-refractivity contribution in [3.05, 3.63) is 22.9 Å². The van der Waals surface area contributed by atoms with Gasteiger partial charge in [-0.15, -0.1) is 0 Å². The van der Waals surface area contributed by atoms with Crippen molar-refractivity contribution >= 4 is 5.82 Å². The van der Waals surface area contributed by atoms with Gasteiger partial charge in [0.2, 0.25) is 0 Å². The predicted octanol–water partition coefficient (Wildman–Crippen LogP) is 3.34. The maximum absolute atomic E-state index is 9.36. The third kappa shape index (κ3) is 2.33. The Morgan fingerprint density at radius 2 is 2.06 bits per heavy atom. The summed E-state index contributed by atoms with van der Waals surface area (Å²) >= 11 is 0. The lowest BCUT2D eigenvalue weighted by Gasteiger charge is -2.30. The van der Waals surface area contributed by atoms with Crippen molar-refractivity contribution in [3.8, 4) is 6.07 Å². The summed E-state index contributed by atoms with van der Waals surface area (Å²) in [7, 11) is 0. The van der Waals surface area contributed by atoms with E-state index in [1.54, 1.807) is 0 Å². The van der Waals surface area contributed by atoms with E-state index in [1.807, 2.05) is 19.9 Å². The highest BCUT2D eigenvalue weighted by molar-refractivity contribution is 5.58. The van der Waals surface area contributed by atoms with Crippen LogP contribution >= 0.6 is 0 Å². The van der Waals surface area contributed by atoms with Crippen LogP contribution in [0.15, 0.2) is 6.07 Å². The van der Waals surface area contributed by atoms with Crippen LogP contribution < -0.4 is 4.90 Å². The standard InChI is InChI=1S/C15H21N3/c1-4-18(13-7-5-6-8-13)15-14(10-16)11(2)9-12(3)17-15/h9,13H,4-8H2,1-3H3. The van der Waals surface area contributed by atoms with Crippen molar-refractivity contribution in [2.75, 3.05) is 11.4 Å². The van der Waals surface area contributed by atoms with E-state index in [9.17, 15) is 5.26 Å². The van der Waals surface area contributed by atoms with Gasteiger partial charge in [-0.2, -0.15) is 5.26 Å². The number of hydrogen-bond acceptors (Lipinski definition) is 3. The fourth-order valence-corrected chi connectivity index (χ4v) is 2.96. The monoisotopic (exact) mass is 243 g/mol. The summed E-state index contributed by atoms with van der Waals surface area (Å²) in [5, 5.41) is 9.36. The van der Waals surface area contributed by atoms with E-state index in [4.69, 9.17) is 0 Å². The molecule has 3 nitrogen and oxygen atoms in total. The van der Waals surface area contributed by atoms with Gasteiger partial charge in [0.1, 0.15) is 11.9 Å². The molecule has 1 aromatic heterocycles. The molecule has 1 fully saturated rings. The van der Waals surface area contributed by atoms with Gasteiger partial charge in [-0.25, -0.2) is 4.98 Å². The minimum atomic E-state index is 0.566. The molecule has 96 valence electrons. The van der Waals surface area contributed by atoms with Crippen LogP contribution in [0.1, 0.15) is 49.4 Å². The van der Waals surface area contributed by atoms with Crippen LogP contribution in [0.4, 0.5) is 5.82 Å². The summed E-state index contributed by atoms with van der Waals surface area (Å²) in [4.78, 5) is 6.95. The molecule has 1 heterocycles. The molecule has 0 amide bonds. The number of anilines is 1. The van der Waals surface area contributed by atoms with Gasteiger partial charge in [-0.1, -0.05) is 12.8 Å². The topological polar surface area (TPSA) is 39.9 Å². The highest BCUT2D eigenvalue weighted by atomic mass is 15.2. The van der Waals surface area contributed by atoms with Gasteiger partial charge in [-0.3, -0.25) is 0 Å². The smallest absolute Gasteiger partial charge is 0.147 e. The van der Waals surface area contributed by atoms with Crippen LogP contribution in [0.3, 0.4) is 0 Å². The second-order valence-corrected chi connectivity index (χ2v) is 5.12. The quantitative estimate of drug-likeness (QED) is 0.817. The van der Waals surface area contributed by atoms with Gasteiger partial charge in [-0.05, 0) is 45.2 Å². The Labute approximate surface area is 109 Å². The van der Waals surface area contributed by atoms with Gasteiger partial charge in [0.05, 0.1) is 5.56 Å². The molecule has 0 unspecified atom stereocenters. The first-order valence-corrected chi connectivity index (χ1v) is 6.82. The van der Waals surface area contributed by atoms with E-state index in [0.29, 0.717) is 6.04 Å². The Morgan fingerprint density at radius 3 is 2.61 bits per heavy atom. The molecule has 0 N–H and O–H groups in total. The van der Waals surface area contributed by atoms with Gasteiger partial charge in [0.25, 0.3) is 0 Å². The molecule has 1 aromatic rings. The average molecular weight is 243 g/mol. The van der Waals surface area contributed by atoms with Gasteiger partial charge >= 0.3 is 0 Å². The van der Waals surface area contributed by atoms with Crippen molar-refractivity contribution in [1.82, 2.24) is 4.98 Å². The molecule has 2 rings (SSSR count). The lowest BCUT2D eigenvalue weighted by atomic mass is 10.1. The van der Waals surface area contributed by atoms with E-state index in [2.05, 4.69) is 22.9 Å². The van der Waals surface area contributed by atoms with Crippen molar-refractivity contribution in [1.29, 1.82) is 5.26 Å². The molecule has 1 aliphatic carbocycles. The maximum Gasteiger partial charge on any atom is 0.147 e. The van der Waals surface area contributed by atoms with Crippen LogP contribution in [-0.4, -0.2) is 17.6 Å². The number of aromatic nitrogens is 1. The number of pyridine rings is 1. The Balaban J connectivity index is 2.44. The van der Waals surface area contributed by atoms with Gasteiger partial charge in [0, 0.05) is 18.3 Å². The zero-order valence-corrected chi connectivity index (χ0v) is 11.5. The Kier molecular flexibility index (Phi) is 3.86. The second-order valence-electron chi connectivity index (χ2n) is 5.12. The van der Waals surface area contributed by atoms with E-state index >= 15 is 0 Å². The number of hydrogen-bond donors (Lipinski definition) is 0. The molecule has 18 heavy (non-hydrogen) atoms. The summed E-state index contributed by atoms with van der Waals surface area (Å²) in [6.45, 7) is 7.08. The van der Waals surface area contributed by atoms with Crippen LogP contribution in [0.5, 0.6) is 0 Å². The van der Waals surface area contributed by atoms with Crippen molar-refractivity contribution < 1.29 is 0 Å². The van der Waals surface area contributed by atoms with E-state index in [-0.39, 0.29) is 0 Å². The molecule has 0 radical (unpaired) electrons. The first-order valence-electron chi connectivity index (χ1n) is 6.82. The highest BCUT2D eigenvalue weighted by Gasteiger charge is 2.25. The molecule has 3 heteroatoms. The Hall–Kier alpha value is -1.56. The number of nitrogens with zero attached hydrogens (tertiary/aromatic N) is 3. The van der Waals surface area contributed by atoms with Crippen LogP contribution in [0, 0.1) is 25.2 Å². The lowest BCUT2D eigenvalue weighted by Crippen LogP contribution is -2.34. The summed E-state index contributed by atoms with van der Waals surface area (Å²) in [6.07, 6.45) is 5.06.